The molecule has 472 valence electrons. The molecule has 5 aromatic heterocycles. The van der Waals surface area contributed by atoms with Gasteiger partial charge in [0.2, 0.25) is 0 Å². The molecule has 18 rings (SSSR count). The van der Waals surface area contributed by atoms with Gasteiger partial charge in [-0.2, -0.15) is 18.2 Å². The fourth-order valence-corrected chi connectivity index (χ4v) is 13.6. The average molecular weight is 1460 g/mol. The zero-order chi connectivity index (χ0) is 96.7. The topological polar surface area (TPSA) is 45.7 Å². The summed E-state index contributed by atoms with van der Waals surface area (Å²) in [4.78, 5) is 4.85. The molecule has 8 heteroatoms. The van der Waals surface area contributed by atoms with Crippen molar-refractivity contribution in [2.45, 2.75) is 102 Å². The van der Waals surface area contributed by atoms with E-state index in [0.29, 0.717) is 22.2 Å². The van der Waals surface area contributed by atoms with Crippen LogP contribution < -0.4 is 9.30 Å². The van der Waals surface area contributed by atoms with Gasteiger partial charge in [-0.15, -0.1) is 29.7 Å². The Bertz CT molecular complexity index is 7310. The number of hydrogen-bond acceptors (Lipinski definition) is 2. The molecule has 0 bridgehead atoms. The Hall–Kier alpha value is -10.1. The summed E-state index contributed by atoms with van der Waals surface area (Å²) in [6, 6.07) is 55.0. The third-order valence-electron chi connectivity index (χ3n) is 17.8. The van der Waals surface area contributed by atoms with E-state index in [1.807, 2.05) is 71.3 Å². The quantitative estimate of drug-likeness (QED) is 0.107. The van der Waals surface area contributed by atoms with Gasteiger partial charge in [0, 0.05) is 115 Å². The van der Waals surface area contributed by atoms with E-state index in [9.17, 15) is 19.2 Å². The fraction of sp³-hybridized carbons (Fsp3) is 0.182. The van der Waals surface area contributed by atoms with Crippen LogP contribution in [0, 0.1) is 18.5 Å². The third-order valence-corrected chi connectivity index (χ3v) is 17.8. The molecule has 0 amide bonds. The van der Waals surface area contributed by atoms with Crippen LogP contribution in [-0.4, -0.2) is 23.3 Å². The SMILES string of the molecule is [2H]c1c([2H])c2c(c([2H])c1-c1cccc(-c3c([2H])c([2H])c4c(c3[2H])C(C([2H])([2H])[2H])(C([2H])([2H])[2H])C([2H])([2H])C([2H])([2H])C4(C([2H])([2H])[2H])C([2H])([2H])[2H])c1-[n+]1[c-]n(-c3[c-]c(Oc4[c-]c5c(cc4)c4ccc(-n6c7ccccc7c7cccc(-n8c9ccccc9c9ccccc98)c76)cc4n5-c4ccccn4)ccc3)c3ccccc31)C(C([2H])([2H])[2H])(C([2H])([2H])[2H])C([2H])([2H])C([2H])([2H])C2(C([2H])([2H])[2H])C([2H])([2H])[2H].[Pt]. The van der Waals surface area contributed by atoms with Gasteiger partial charge in [0.15, 0.2) is 0 Å². The van der Waals surface area contributed by atoms with Gasteiger partial charge in [0.1, 0.15) is 5.82 Å². The number of aromatic nitrogens is 6. The molecule has 0 radical (unpaired) electrons. The van der Waals surface area contributed by atoms with Crippen molar-refractivity contribution in [1.29, 1.82) is 0 Å². The first-order chi connectivity index (χ1) is 61.7. The molecule has 0 N–H and O–H groups in total. The molecule has 0 saturated heterocycles. The van der Waals surface area contributed by atoms with Crippen LogP contribution in [-0.2, 0) is 42.7 Å². The zero-order valence-electron chi connectivity index (χ0n) is 88.0. The summed E-state index contributed by atoms with van der Waals surface area (Å²) >= 11 is 0. The normalized spacial score (nSPS) is 24.3. The van der Waals surface area contributed by atoms with E-state index in [2.05, 4.69) is 88.3 Å². The van der Waals surface area contributed by atoms with Crippen LogP contribution in [0.15, 0.2) is 243 Å². The predicted molar refractivity (Wildman–Crippen MR) is 390 cm³/mol. The second-order valence-corrected chi connectivity index (χ2v) is 23.7. The number of benzene rings is 11. The summed E-state index contributed by atoms with van der Waals surface area (Å²) in [5.74, 6) is 0.539. The molecule has 0 spiro atoms. The molecule has 7 nitrogen and oxygen atoms in total. The number of rotatable bonds is 9. The van der Waals surface area contributed by atoms with Gasteiger partial charge in [-0.25, -0.2) is 4.98 Å². The Balaban J connectivity index is 0.0000125. The molecule has 16 aromatic rings. The summed E-state index contributed by atoms with van der Waals surface area (Å²) in [6.45, 7) is -36.5. The Morgan fingerprint density at radius 3 is 1.64 bits per heavy atom. The smallest absolute Gasteiger partial charge is 0.268 e. The predicted octanol–water partition coefficient (Wildman–Crippen LogP) is 21.8. The number of hydrogen-bond donors (Lipinski definition) is 0. The molecule has 0 aliphatic heterocycles. The van der Waals surface area contributed by atoms with Crippen molar-refractivity contribution in [3.8, 4) is 62.3 Å². The van der Waals surface area contributed by atoms with Gasteiger partial charge in [-0.1, -0.05) is 218 Å². The number of para-hydroxylation sites is 7. The van der Waals surface area contributed by atoms with E-state index < -0.39 is 188 Å². The maximum absolute atomic E-state index is 10.5. The summed E-state index contributed by atoms with van der Waals surface area (Å²) in [5, 5.41) is 5.66. The van der Waals surface area contributed by atoms with Crippen molar-refractivity contribution < 1.29 is 82.5 Å². The van der Waals surface area contributed by atoms with E-state index in [-0.39, 0.29) is 49.3 Å². The maximum atomic E-state index is 10.5. The molecular weight excluding hydrogens is 1350 g/mol. The van der Waals surface area contributed by atoms with Crippen molar-refractivity contribution >= 4 is 76.5 Å². The monoisotopic (exact) mass is 1460 g/mol. The van der Waals surface area contributed by atoms with E-state index in [0.717, 1.165) is 83.1 Å². The molecule has 2 aliphatic carbocycles. The summed E-state index contributed by atoms with van der Waals surface area (Å²) < 4.78 is 371. The Morgan fingerprint density at radius 1 is 0.469 bits per heavy atom. The second-order valence-electron chi connectivity index (χ2n) is 23.7. The molecular formula is C88H72N6OPt-2. The van der Waals surface area contributed by atoms with Crippen LogP contribution in [0.2, 0.25) is 0 Å². The van der Waals surface area contributed by atoms with Crippen LogP contribution in [0.1, 0.15) is 155 Å². The molecule has 5 heterocycles. The van der Waals surface area contributed by atoms with Crippen molar-refractivity contribution in [3.05, 3.63) is 283 Å². The van der Waals surface area contributed by atoms with Crippen LogP contribution >= 0.6 is 0 Å². The van der Waals surface area contributed by atoms with Gasteiger partial charge in [0.25, 0.3) is 6.33 Å². The average Bonchev–Trinajstić information content (AvgIpc) is 0.714. The number of fused-ring (bicyclic) bond motifs is 12. The Kier molecular flexibility index (Phi) is 7.25. The summed E-state index contributed by atoms with van der Waals surface area (Å²) in [7, 11) is 0. The summed E-state index contributed by atoms with van der Waals surface area (Å²) in [6.07, 6.45) is -14.6. The standard InChI is InChI=1S/C88H72N6O.Pt/c1-85(2)45-47-87(5,6)72-50-56(37-43-70(72)85)62-27-20-28-63(57-38-44-71-73(51-57)88(7,8)48-46-86(71,3)4)83(62)91-55-90(77-33-15-16-34-78(77)91)58-22-19-23-60(52-58)95-61-40-42-68-67-41-39-59(53-80(67)94(81(68)54-61)82-36-17-18-49-89-82)92-74-30-12-11-26-66(74)69-29-21-35-79(84(69)92)93-75-31-13-9-24-64(75)65-25-10-14-32-76(65)93;/h9-44,49-51,53H,45-48H2,1-8H3;/q-2;/i1D3,2D3,3D3,4D3,5D3,6D3,7D3,8D3,37D,38D,43D,44D,45D2,46D2,47D2,48D2,50D,51D;. The van der Waals surface area contributed by atoms with Crippen LogP contribution in [0.4, 0.5) is 0 Å². The van der Waals surface area contributed by atoms with E-state index in [1.165, 1.54) is 47.0 Å². The largest absolute Gasteiger partial charge is 0.510 e. The Morgan fingerprint density at radius 2 is 1.00 bits per heavy atom. The van der Waals surface area contributed by atoms with Crippen molar-refractivity contribution in [1.82, 2.24) is 23.3 Å². The molecule has 11 aromatic carbocycles. The molecule has 0 unspecified atom stereocenters. The minimum atomic E-state index is -4.87. The molecule has 0 fully saturated rings. The third kappa shape index (κ3) is 9.24. The zero-order valence-corrected chi connectivity index (χ0v) is 52.3. The van der Waals surface area contributed by atoms with Crippen molar-refractivity contribution in [2.75, 3.05) is 0 Å². The number of imidazole rings is 1. The van der Waals surface area contributed by atoms with Gasteiger partial charge >= 0.3 is 0 Å². The minimum absolute atomic E-state index is 0. The fourth-order valence-electron chi connectivity index (χ4n) is 13.6. The van der Waals surface area contributed by atoms with Gasteiger partial charge in [-0.05, 0) is 151 Å². The van der Waals surface area contributed by atoms with Crippen LogP contribution in [0.5, 0.6) is 11.5 Å². The van der Waals surface area contributed by atoms with E-state index in [4.69, 9.17) is 42.6 Å². The van der Waals surface area contributed by atoms with Gasteiger partial charge < -0.3 is 23.0 Å². The molecule has 0 atom stereocenters. The first-order valence-corrected chi connectivity index (χ1v) is 30.2. The van der Waals surface area contributed by atoms with E-state index in [1.54, 1.807) is 18.3 Å². The molecule has 96 heavy (non-hydrogen) atoms. The van der Waals surface area contributed by atoms with Crippen LogP contribution in [0.3, 0.4) is 0 Å². The first-order valence-electron chi connectivity index (χ1n) is 49.2. The maximum Gasteiger partial charge on any atom is 0.268 e. The minimum Gasteiger partial charge on any atom is -0.510 e. The second kappa shape index (κ2) is 22.0. The van der Waals surface area contributed by atoms with E-state index >= 15 is 0 Å². The van der Waals surface area contributed by atoms with Gasteiger partial charge in [0.05, 0.1) is 52.7 Å². The van der Waals surface area contributed by atoms with Crippen molar-refractivity contribution in [3.63, 3.8) is 0 Å². The summed E-state index contributed by atoms with van der Waals surface area (Å²) in [5.41, 5.74) is -25.3. The Labute approximate surface area is 628 Å². The van der Waals surface area contributed by atoms with Crippen molar-refractivity contribution in [2.24, 2.45) is 0 Å². The molecule has 2 aliphatic rings. The number of ether oxygens (including phenoxy) is 1. The first kappa shape index (κ1) is 31.7. The van der Waals surface area contributed by atoms with Gasteiger partial charge in [-0.3, -0.25) is 4.57 Å². The number of pyridine rings is 1. The number of nitrogens with zero attached hydrogens (tertiary/aromatic N) is 6. The van der Waals surface area contributed by atoms with Crippen LogP contribution in [0.25, 0.3) is 127 Å². The molecule has 0 saturated carbocycles.